The molecule has 0 fully saturated rings. The lowest BCUT2D eigenvalue weighted by atomic mass is 10.3. The van der Waals surface area contributed by atoms with E-state index in [-0.39, 0.29) is 0 Å². The van der Waals surface area contributed by atoms with Gasteiger partial charge in [-0.15, -0.1) is 0 Å². The molecule has 1 heterocycles. The standard InChI is InChI=1S/C12H10Br2N2O/c1-17-11-5-4-8(7-10(11)14)16-12-9(13)3-2-6-15-12/h2-7H,1H3,(H,15,16). The summed E-state index contributed by atoms with van der Waals surface area (Å²) in [5, 5.41) is 3.22. The molecular formula is C12H10Br2N2O. The number of methoxy groups -OCH3 is 1. The number of nitrogens with zero attached hydrogens (tertiary/aromatic N) is 1. The average Bonchev–Trinajstić information content (AvgIpc) is 2.32. The normalized spacial score (nSPS) is 10.1. The number of benzene rings is 1. The molecule has 1 aromatic heterocycles. The third-order valence-electron chi connectivity index (χ3n) is 2.17. The molecule has 5 heteroatoms. The fraction of sp³-hybridized carbons (Fsp3) is 0.0833. The van der Waals surface area contributed by atoms with Crippen LogP contribution in [0.2, 0.25) is 0 Å². The maximum atomic E-state index is 5.17. The van der Waals surface area contributed by atoms with Gasteiger partial charge < -0.3 is 10.1 Å². The van der Waals surface area contributed by atoms with Crippen molar-refractivity contribution in [2.75, 3.05) is 12.4 Å². The molecule has 0 aliphatic heterocycles. The molecule has 2 aromatic rings. The van der Waals surface area contributed by atoms with E-state index in [1.807, 2.05) is 30.3 Å². The molecule has 3 nitrogen and oxygen atoms in total. The first-order valence-corrected chi connectivity index (χ1v) is 6.50. The molecule has 0 saturated carbocycles. The molecule has 1 aromatic carbocycles. The molecule has 0 unspecified atom stereocenters. The van der Waals surface area contributed by atoms with Crippen LogP contribution in [0.15, 0.2) is 45.5 Å². The Bertz CT molecular complexity index is 532. The molecule has 17 heavy (non-hydrogen) atoms. The van der Waals surface area contributed by atoms with Gasteiger partial charge in [0.15, 0.2) is 0 Å². The highest BCUT2D eigenvalue weighted by Crippen LogP contribution is 2.30. The Morgan fingerprint density at radius 1 is 1.18 bits per heavy atom. The lowest BCUT2D eigenvalue weighted by Crippen LogP contribution is -1.94. The van der Waals surface area contributed by atoms with Crippen molar-refractivity contribution in [1.82, 2.24) is 4.98 Å². The van der Waals surface area contributed by atoms with Crippen LogP contribution in [-0.4, -0.2) is 12.1 Å². The van der Waals surface area contributed by atoms with Gasteiger partial charge in [0.2, 0.25) is 0 Å². The number of halogens is 2. The molecule has 0 radical (unpaired) electrons. The minimum absolute atomic E-state index is 0.782. The fourth-order valence-corrected chi connectivity index (χ4v) is 2.25. The fourth-order valence-electron chi connectivity index (χ4n) is 1.36. The number of aromatic nitrogens is 1. The van der Waals surface area contributed by atoms with Crippen LogP contribution in [0.1, 0.15) is 0 Å². The van der Waals surface area contributed by atoms with Crippen molar-refractivity contribution < 1.29 is 4.74 Å². The van der Waals surface area contributed by atoms with Crippen LogP contribution in [0.5, 0.6) is 5.75 Å². The summed E-state index contributed by atoms with van der Waals surface area (Å²) >= 11 is 6.88. The van der Waals surface area contributed by atoms with Crippen LogP contribution < -0.4 is 10.1 Å². The highest BCUT2D eigenvalue weighted by Gasteiger charge is 2.04. The number of hydrogen-bond acceptors (Lipinski definition) is 3. The Labute approximate surface area is 116 Å². The van der Waals surface area contributed by atoms with Crippen LogP contribution in [0.25, 0.3) is 0 Å². The number of ether oxygens (including phenoxy) is 1. The van der Waals surface area contributed by atoms with Crippen molar-refractivity contribution in [3.05, 3.63) is 45.5 Å². The molecule has 1 N–H and O–H groups in total. The van der Waals surface area contributed by atoms with Crippen LogP contribution in [-0.2, 0) is 0 Å². The van der Waals surface area contributed by atoms with E-state index in [4.69, 9.17) is 4.74 Å². The lowest BCUT2D eigenvalue weighted by molar-refractivity contribution is 0.412. The molecule has 0 aliphatic rings. The third-order valence-corrected chi connectivity index (χ3v) is 3.43. The minimum Gasteiger partial charge on any atom is -0.496 e. The van der Waals surface area contributed by atoms with Crippen molar-refractivity contribution in [2.45, 2.75) is 0 Å². The number of anilines is 2. The van der Waals surface area contributed by atoms with E-state index in [1.165, 1.54) is 0 Å². The van der Waals surface area contributed by atoms with Crippen molar-refractivity contribution >= 4 is 43.4 Å². The first-order chi connectivity index (χ1) is 8.20. The van der Waals surface area contributed by atoms with Crippen molar-refractivity contribution in [1.29, 1.82) is 0 Å². The zero-order valence-electron chi connectivity index (χ0n) is 9.08. The Balaban J connectivity index is 2.25. The zero-order chi connectivity index (χ0) is 12.3. The monoisotopic (exact) mass is 356 g/mol. The van der Waals surface area contributed by atoms with Gasteiger partial charge in [-0.3, -0.25) is 0 Å². The number of rotatable bonds is 3. The van der Waals surface area contributed by atoms with Crippen LogP contribution in [0.4, 0.5) is 11.5 Å². The summed E-state index contributed by atoms with van der Waals surface area (Å²) in [5.74, 6) is 1.58. The second-order valence-corrected chi connectivity index (χ2v) is 5.02. The summed E-state index contributed by atoms with van der Waals surface area (Å²) in [6, 6.07) is 9.58. The first kappa shape index (κ1) is 12.4. The Morgan fingerprint density at radius 3 is 2.65 bits per heavy atom. The Hall–Kier alpha value is -1.07. The molecule has 0 atom stereocenters. The van der Waals surface area contributed by atoms with Gasteiger partial charge in [-0.1, -0.05) is 0 Å². The maximum Gasteiger partial charge on any atom is 0.144 e. The van der Waals surface area contributed by atoms with Gasteiger partial charge >= 0.3 is 0 Å². The first-order valence-electron chi connectivity index (χ1n) is 4.92. The Morgan fingerprint density at radius 2 is 2.00 bits per heavy atom. The van der Waals surface area contributed by atoms with E-state index in [0.717, 1.165) is 26.2 Å². The molecule has 0 bridgehead atoms. The largest absolute Gasteiger partial charge is 0.496 e. The van der Waals surface area contributed by atoms with E-state index in [2.05, 4.69) is 42.2 Å². The van der Waals surface area contributed by atoms with Crippen molar-refractivity contribution in [3.8, 4) is 5.75 Å². The van der Waals surface area contributed by atoms with E-state index >= 15 is 0 Å². The average molecular weight is 358 g/mol. The molecule has 0 amide bonds. The number of pyridine rings is 1. The predicted octanol–water partition coefficient (Wildman–Crippen LogP) is 4.36. The predicted molar refractivity (Wildman–Crippen MR) is 75.9 cm³/mol. The minimum atomic E-state index is 0.782. The zero-order valence-corrected chi connectivity index (χ0v) is 12.2. The highest BCUT2D eigenvalue weighted by molar-refractivity contribution is 9.11. The molecule has 0 saturated heterocycles. The molecular weight excluding hydrogens is 348 g/mol. The van der Waals surface area contributed by atoms with Gasteiger partial charge in [0.25, 0.3) is 0 Å². The molecule has 0 spiro atoms. The smallest absolute Gasteiger partial charge is 0.144 e. The third kappa shape index (κ3) is 2.98. The van der Waals surface area contributed by atoms with Gasteiger partial charge in [0, 0.05) is 11.9 Å². The van der Waals surface area contributed by atoms with E-state index in [9.17, 15) is 0 Å². The van der Waals surface area contributed by atoms with Gasteiger partial charge in [-0.2, -0.15) is 0 Å². The molecule has 88 valence electrons. The van der Waals surface area contributed by atoms with E-state index in [0.29, 0.717) is 0 Å². The number of hydrogen-bond donors (Lipinski definition) is 1. The quantitative estimate of drug-likeness (QED) is 0.886. The summed E-state index contributed by atoms with van der Waals surface area (Å²) < 4.78 is 7.00. The lowest BCUT2D eigenvalue weighted by Gasteiger charge is -2.09. The summed E-state index contributed by atoms with van der Waals surface area (Å²) in [4.78, 5) is 4.24. The van der Waals surface area contributed by atoms with E-state index in [1.54, 1.807) is 13.3 Å². The van der Waals surface area contributed by atoms with Gasteiger partial charge in [-0.05, 0) is 62.2 Å². The second-order valence-electron chi connectivity index (χ2n) is 3.31. The van der Waals surface area contributed by atoms with Gasteiger partial charge in [0.1, 0.15) is 11.6 Å². The maximum absolute atomic E-state index is 5.17. The SMILES string of the molecule is COc1ccc(Nc2ncccc2Br)cc1Br. The van der Waals surface area contributed by atoms with Crippen LogP contribution in [0, 0.1) is 0 Å². The van der Waals surface area contributed by atoms with Crippen molar-refractivity contribution in [2.24, 2.45) is 0 Å². The summed E-state index contributed by atoms with van der Waals surface area (Å²) in [6.07, 6.45) is 1.74. The summed E-state index contributed by atoms with van der Waals surface area (Å²) in [5.41, 5.74) is 0.942. The molecule has 2 rings (SSSR count). The van der Waals surface area contributed by atoms with Crippen molar-refractivity contribution in [3.63, 3.8) is 0 Å². The van der Waals surface area contributed by atoms with Crippen LogP contribution >= 0.6 is 31.9 Å². The summed E-state index contributed by atoms with van der Waals surface area (Å²) in [7, 11) is 1.64. The highest BCUT2D eigenvalue weighted by atomic mass is 79.9. The van der Waals surface area contributed by atoms with Gasteiger partial charge in [0.05, 0.1) is 16.1 Å². The van der Waals surface area contributed by atoms with E-state index < -0.39 is 0 Å². The van der Waals surface area contributed by atoms with Crippen LogP contribution in [0.3, 0.4) is 0 Å². The second kappa shape index (κ2) is 5.51. The Kier molecular flexibility index (Phi) is 4.02. The number of nitrogens with one attached hydrogen (secondary N) is 1. The summed E-state index contributed by atoms with van der Waals surface area (Å²) in [6.45, 7) is 0. The topological polar surface area (TPSA) is 34.1 Å². The van der Waals surface area contributed by atoms with Gasteiger partial charge in [-0.25, -0.2) is 4.98 Å². The molecule has 0 aliphatic carbocycles.